The molecule has 3 aromatic heterocycles. The van der Waals surface area contributed by atoms with Crippen molar-refractivity contribution in [3.63, 3.8) is 0 Å². The maximum Gasteiger partial charge on any atom is 0.278 e. The fourth-order valence-electron chi connectivity index (χ4n) is 3.07. The summed E-state index contributed by atoms with van der Waals surface area (Å²) >= 11 is 0. The average molecular weight is 384 g/mol. The van der Waals surface area contributed by atoms with Crippen molar-refractivity contribution >= 4 is 22.6 Å². The first-order valence-electron chi connectivity index (χ1n) is 9.02. The number of H-pyrrole nitrogens is 1. The Morgan fingerprint density at radius 1 is 1.07 bits per heavy atom. The summed E-state index contributed by atoms with van der Waals surface area (Å²) < 4.78 is 5.37. The smallest absolute Gasteiger partial charge is 0.278 e. The van der Waals surface area contributed by atoms with Gasteiger partial charge in [-0.25, -0.2) is 4.98 Å². The molecule has 1 amide bonds. The number of nitrogens with zero attached hydrogens (tertiary/aromatic N) is 4. The summed E-state index contributed by atoms with van der Waals surface area (Å²) in [6.45, 7) is 1.76. The number of nitrogens with one attached hydrogen (secondary N) is 2. The number of amides is 1. The highest BCUT2D eigenvalue weighted by molar-refractivity contribution is 6.04. The van der Waals surface area contributed by atoms with Crippen LogP contribution in [0.25, 0.3) is 28.3 Å². The van der Waals surface area contributed by atoms with Crippen LogP contribution in [0.1, 0.15) is 16.2 Å². The van der Waals surface area contributed by atoms with E-state index in [1.807, 2.05) is 48.5 Å². The number of anilines is 1. The van der Waals surface area contributed by atoms with Gasteiger partial charge in [0.2, 0.25) is 0 Å². The number of carbonyl (C=O) groups is 1. The van der Waals surface area contributed by atoms with E-state index >= 15 is 0 Å². The summed E-state index contributed by atoms with van der Waals surface area (Å²) in [5, 5.41) is 11.6. The molecule has 142 valence electrons. The minimum atomic E-state index is -0.324. The van der Waals surface area contributed by atoms with Crippen LogP contribution in [-0.2, 0) is 0 Å². The third-order valence-electron chi connectivity index (χ3n) is 4.48. The van der Waals surface area contributed by atoms with Crippen LogP contribution in [-0.4, -0.2) is 30.9 Å². The predicted octanol–water partition coefficient (Wildman–Crippen LogP) is 3.96. The molecule has 0 aliphatic carbocycles. The van der Waals surface area contributed by atoms with Crippen LogP contribution < -0.4 is 5.32 Å². The molecular weight excluding hydrogens is 368 g/mol. The van der Waals surface area contributed by atoms with Gasteiger partial charge in [0, 0.05) is 5.69 Å². The number of aromatic nitrogens is 5. The summed E-state index contributed by atoms with van der Waals surface area (Å²) in [4.78, 5) is 21.9. The fourth-order valence-corrected chi connectivity index (χ4v) is 3.07. The van der Waals surface area contributed by atoms with Crippen LogP contribution in [0.15, 0.2) is 71.3 Å². The summed E-state index contributed by atoms with van der Waals surface area (Å²) in [6.07, 6.45) is 1.60. The predicted molar refractivity (Wildman–Crippen MR) is 108 cm³/mol. The van der Waals surface area contributed by atoms with Crippen molar-refractivity contribution in [1.29, 1.82) is 0 Å². The number of para-hydroxylation sites is 1. The quantitative estimate of drug-likeness (QED) is 0.488. The molecule has 2 aromatic carbocycles. The van der Waals surface area contributed by atoms with Gasteiger partial charge in [-0.3, -0.25) is 4.79 Å². The Balaban J connectivity index is 1.41. The molecule has 0 saturated carbocycles. The Bertz CT molecular complexity index is 1300. The van der Waals surface area contributed by atoms with E-state index in [9.17, 15) is 4.79 Å². The highest BCUT2D eigenvalue weighted by atomic mass is 16.3. The molecule has 8 nitrogen and oxygen atoms in total. The maximum atomic E-state index is 12.7. The number of hydrogen-bond donors (Lipinski definition) is 2. The molecule has 29 heavy (non-hydrogen) atoms. The Kier molecular flexibility index (Phi) is 3.94. The average Bonchev–Trinajstić information content (AvgIpc) is 3.47. The summed E-state index contributed by atoms with van der Waals surface area (Å²) in [5.74, 6) is 0.963. The molecule has 2 N–H and O–H groups in total. The van der Waals surface area contributed by atoms with Gasteiger partial charge in [0.05, 0.1) is 28.7 Å². The van der Waals surface area contributed by atoms with Crippen molar-refractivity contribution in [3.05, 3.63) is 78.3 Å². The van der Waals surface area contributed by atoms with Gasteiger partial charge in [-0.1, -0.05) is 18.2 Å². The normalized spacial score (nSPS) is 11.1. The Morgan fingerprint density at radius 2 is 1.93 bits per heavy atom. The van der Waals surface area contributed by atoms with Crippen LogP contribution in [0.3, 0.4) is 0 Å². The van der Waals surface area contributed by atoms with Crippen molar-refractivity contribution < 1.29 is 9.21 Å². The standard InChI is InChI=1S/C21H16N6O2/c1-13-19(26-27(25-13)15-6-3-2-4-7-15)21(28)22-14-9-10-16-17(12-14)24-20(23-16)18-8-5-11-29-18/h2-12H,1H3,(H,22,28)(H,23,24). The maximum absolute atomic E-state index is 12.7. The van der Waals surface area contributed by atoms with Crippen LogP contribution in [0, 0.1) is 6.92 Å². The SMILES string of the molecule is Cc1nn(-c2ccccc2)nc1C(=O)Nc1ccc2nc(-c3ccco3)[nH]c2c1. The second-order valence-corrected chi connectivity index (χ2v) is 6.51. The molecule has 0 aliphatic rings. The van der Waals surface area contributed by atoms with Crippen LogP contribution in [0.5, 0.6) is 0 Å². The number of aromatic amines is 1. The van der Waals surface area contributed by atoms with Gasteiger partial charge in [0.25, 0.3) is 5.91 Å². The van der Waals surface area contributed by atoms with Crippen molar-refractivity contribution in [2.75, 3.05) is 5.32 Å². The van der Waals surface area contributed by atoms with Gasteiger partial charge in [0.15, 0.2) is 17.3 Å². The van der Waals surface area contributed by atoms with E-state index in [2.05, 4.69) is 25.5 Å². The van der Waals surface area contributed by atoms with E-state index in [1.54, 1.807) is 25.3 Å². The minimum absolute atomic E-state index is 0.273. The molecule has 0 saturated heterocycles. The molecule has 5 rings (SSSR count). The molecule has 3 heterocycles. The summed E-state index contributed by atoms with van der Waals surface area (Å²) in [6, 6.07) is 18.5. The second kappa shape index (κ2) is 6.75. The number of aryl methyl sites for hydroxylation is 1. The molecule has 0 radical (unpaired) electrons. The van der Waals surface area contributed by atoms with E-state index in [4.69, 9.17) is 4.42 Å². The van der Waals surface area contributed by atoms with Gasteiger partial charge in [-0.15, -0.1) is 5.10 Å². The van der Waals surface area contributed by atoms with Crippen molar-refractivity contribution in [3.8, 4) is 17.3 Å². The third kappa shape index (κ3) is 3.16. The zero-order chi connectivity index (χ0) is 19.8. The number of imidazole rings is 1. The Hall–Kier alpha value is -4.20. The van der Waals surface area contributed by atoms with E-state index in [1.165, 1.54) is 4.80 Å². The lowest BCUT2D eigenvalue weighted by molar-refractivity contribution is 0.102. The topological polar surface area (TPSA) is 102 Å². The highest BCUT2D eigenvalue weighted by Gasteiger charge is 2.17. The molecule has 8 heteroatoms. The molecule has 5 aromatic rings. The van der Waals surface area contributed by atoms with Gasteiger partial charge in [-0.2, -0.15) is 9.90 Å². The fraction of sp³-hybridized carbons (Fsp3) is 0.0476. The van der Waals surface area contributed by atoms with Crippen molar-refractivity contribution in [2.45, 2.75) is 6.92 Å². The zero-order valence-corrected chi connectivity index (χ0v) is 15.5. The number of benzene rings is 2. The van der Waals surface area contributed by atoms with Crippen LogP contribution in [0.2, 0.25) is 0 Å². The van der Waals surface area contributed by atoms with Crippen molar-refractivity contribution in [2.24, 2.45) is 0 Å². The largest absolute Gasteiger partial charge is 0.461 e. The molecular formula is C21H16N6O2. The molecule has 0 unspecified atom stereocenters. The molecule has 0 spiro atoms. The lowest BCUT2D eigenvalue weighted by atomic mass is 10.2. The first-order chi connectivity index (χ1) is 14.2. The van der Waals surface area contributed by atoms with Crippen molar-refractivity contribution in [1.82, 2.24) is 25.0 Å². The second-order valence-electron chi connectivity index (χ2n) is 6.51. The number of fused-ring (bicyclic) bond motifs is 1. The minimum Gasteiger partial charge on any atom is -0.461 e. The molecule has 0 atom stereocenters. The van der Waals surface area contributed by atoms with E-state index in [-0.39, 0.29) is 11.6 Å². The van der Waals surface area contributed by atoms with Crippen LogP contribution in [0.4, 0.5) is 5.69 Å². The van der Waals surface area contributed by atoms with Crippen LogP contribution >= 0.6 is 0 Å². The van der Waals surface area contributed by atoms with E-state index < -0.39 is 0 Å². The highest BCUT2D eigenvalue weighted by Crippen LogP contribution is 2.23. The first-order valence-corrected chi connectivity index (χ1v) is 9.02. The molecule has 0 fully saturated rings. The van der Waals surface area contributed by atoms with Gasteiger partial charge in [-0.05, 0) is 49.4 Å². The summed E-state index contributed by atoms with van der Waals surface area (Å²) in [7, 11) is 0. The van der Waals surface area contributed by atoms with Gasteiger partial charge in [0.1, 0.15) is 0 Å². The number of hydrogen-bond acceptors (Lipinski definition) is 5. The lowest BCUT2D eigenvalue weighted by Crippen LogP contribution is -2.14. The van der Waals surface area contributed by atoms with E-state index in [0.29, 0.717) is 23.0 Å². The van der Waals surface area contributed by atoms with E-state index in [0.717, 1.165) is 16.7 Å². The van der Waals surface area contributed by atoms with Gasteiger partial charge >= 0.3 is 0 Å². The zero-order valence-electron chi connectivity index (χ0n) is 15.5. The monoisotopic (exact) mass is 384 g/mol. The molecule has 0 bridgehead atoms. The van der Waals surface area contributed by atoms with Gasteiger partial charge < -0.3 is 14.7 Å². The Morgan fingerprint density at radius 3 is 2.72 bits per heavy atom. The third-order valence-corrected chi connectivity index (χ3v) is 4.48. The molecule has 0 aliphatic heterocycles. The number of rotatable bonds is 4. The summed E-state index contributed by atoms with van der Waals surface area (Å²) in [5.41, 5.74) is 3.81. The Labute approximate surface area is 165 Å². The lowest BCUT2D eigenvalue weighted by Gasteiger charge is -2.03. The number of furan rings is 1. The first kappa shape index (κ1) is 16.9. The number of carbonyl (C=O) groups excluding carboxylic acids is 1.